The first-order valence-electron chi connectivity index (χ1n) is 5.59. The molecule has 0 unspecified atom stereocenters. The maximum atomic E-state index is 4.34. The second-order valence-electron chi connectivity index (χ2n) is 4.02. The van der Waals surface area contributed by atoms with Gasteiger partial charge in [0.2, 0.25) is 0 Å². The van der Waals surface area contributed by atoms with Crippen molar-refractivity contribution in [3.05, 3.63) is 18.2 Å². The quantitative estimate of drug-likeness (QED) is 0.680. The highest BCUT2D eigenvalue weighted by Gasteiger charge is 2.00. The monoisotopic (exact) mass is 210 g/mol. The van der Waals surface area contributed by atoms with E-state index in [1.807, 2.05) is 12.4 Å². The van der Waals surface area contributed by atoms with Crippen molar-refractivity contribution in [2.45, 2.75) is 26.4 Å². The van der Waals surface area contributed by atoms with E-state index in [1.165, 1.54) is 0 Å². The molecule has 0 aliphatic carbocycles. The molecule has 86 valence electrons. The van der Waals surface area contributed by atoms with Crippen LogP contribution in [0.5, 0.6) is 0 Å². The molecule has 0 saturated carbocycles. The summed E-state index contributed by atoms with van der Waals surface area (Å²) in [6.07, 6.45) is 5.08. The molecule has 0 aliphatic rings. The Labute approximate surface area is 92.3 Å². The Morgan fingerprint density at radius 3 is 2.93 bits per heavy atom. The van der Waals surface area contributed by atoms with Crippen molar-refractivity contribution in [2.24, 2.45) is 0 Å². The normalized spacial score (nSPS) is 11.2. The Balaban J connectivity index is 2.27. The molecule has 1 N–H and O–H groups in total. The fourth-order valence-corrected chi connectivity index (χ4v) is 1.45. The average molecular weight is 210 g/mol. The van der Waals surface area contributed by atoms with Crippen LogP contribution in [0.4, 0.5) is 0 Å². The van der Waals surface area contributed by atoms with Crippen molar-refractivity contribution in [1.82, 2.24) is 19.8 Å². The van der Waals surface area contributed by atoms with E-state index in [4.69, 9.17) is 0 Å². The standard InChI is InChI=1S/C11H22N4/c1-4-7-15-9-6-13-11(15)10-12-5-8-14(2)3/h6,9,12H,4-5,7-8,10H2,1-3H3. The lowest BCUT2D eigenvalue weighted by molar-refractivity contribution is 0.397. The van der Waals surface area contributed by atoms with E-state index in [9.17, 15) is 0 Å². The average Bonchev–Trinajstić information content (AvgIpc) is 2.61. The summed E-state index contributed by atoms with van der Waals surface area (Å²) in [5.41, 5.74) is 0. The maximum absolute atomic E-state index is 4.34. The molecule has 15 heavy (non-hydrogen) atoms. The highest BCUT2D eigenvalue weighted by Crippen LogP contribution is 1.98. The highest BCUT2D eigenvalue weighted by atomic mass is 15.1. The highest BCUT2D eigenvalue weighted by molar-refractivity contribution is 4.91. The molecule has 0 saturated heterocycles. The molecule has 0 amide bonds. The lowest BCUT2D eigenvalue weighted by Crippen LogP contribution is -2.27. The van der Waals surface area contributed by atoms with Gasteiger partial charge in [-0.1, -0.05) is 6.92 Å². The van der Waals surface area contributed by atoms with Crippen LogP contribution < -0.4 is 5.32 Å². The van der Waals surface area contributed by atoms with Crippen molar-refractivity contribution >= 4 is 0 Å². The third-order valence-corrected chi connectivity index (χ3v) is 2.29. The Morgan fingerprint density at radius 2 is 2.27 bits per heavy atom. The molecule has 0 aliphatic heterocycles. The first kappa shape index (κ1) is 12.2. The minimum atomic E-state index is 0.862. The Hall–Kier alpha value is -0.870. The van der Waals surface area contributed by atoms with Gasteiger partial charge in [0, 0.05) is 32.0 Å². The van der Waals surface area contributed by atoms with Crippen LogP contribution in [-0.2, 0) is 13.1 Å². The van der Waals surface area contributed by atoms with E-state index in [2.05, 4.69) is 40.8 Å². The van der Waals surface area contributed by atoms with Gasteiger partial charge in [0.15, 0.2) is 0 Å². The summed E-state index contributed by atoms with van der Waals surface area (Å²) in [6, 6.07) is 0. The zero-order chi connectivity index (χ0) is 11.1. The summed E-state index contributed by atoms with van der Waals surface area (Å²) in [7, 11) is 4.17. The van der Waals surface area contributed by atoms with E-state index >= 15 is 0 Å². The topological polar surface area (TPSA) is 33.1 Å². The molecule has 0 spiro atoms. The van der Waals surface area contributed by atoms with Gasteiger partial charge in [-0.15, -0.1) is 0 Å². The summed E-state index contributed by atoms with van der Waals surface area (Å²) in [5.74, 6) is 1.13. The predicted molar refractivity (Wildman–Crippen MR) is 62.8 cm³/mol. The van der Waals surface area contributed by atoms with Gasteiger partial charge in [-0.2, -0.15) is 0 Å². The van der Waals surface area contributed by atoms with Gasteiger partial charge in [0.25, 0.3) is 0 Å². The zero-order valence-electron chi connectivity index (χ0n) is 10.0. The van der Waals surface area contributed by atoms with E-state index in [-0.39, 0.29) is 0 Å². The van der Waals surface area contributed by atoms with Crippen molar-refractivity contribution in [3.63, 3.8) is 0 Å². The first-order valence-corrected chi connectivity index (χ1v) is 5.59. The zero-order valence-corrected chi connectivity index (χ0v) is 10.0. The van der Waals surface area contributed by atoms with E-state index in [1.54, 1.807) is 0 Å². The third kappa shape index (κ3) is 4.44. The number of imidazole rings is 1. The molecular weight excluding hydrogens is 188 g/mol. The van der Waals surface area contributed by atoms with Crippen LogP contribution in [0.15, 0.2) is 12.4 Å². The van der Waals surface area contributed by atoms with Crippen molar-refractivity contribution in [1.29, 1.82) is 0 Å². The van der Waals surface area contributed by atoms with Gasteiger partial charge in [-0.25, -0.2) is 4.98 Å². The van der Waals surface area contributed by atoms with Crippen LogP contribution in [-0.4, -0.2) is 41.6 Å². The first-order chi connectivity index (χ1) is 7.24. The lowest BCUT2D eigenvalue weighted by atomic mass is 10.4. The number of rotatable bonds is 7. The third-order valence-electron chi connectivity index (χ3n) is 2.29. The number of likely N-dealkylation sites (N-methyl/N-ethyl adjacent to an activating group) is 1. The van der Waals surface area contributed by atoms with E-state index in [0.717, 1.165) is 38.4 Å². The second-order valence-corrected chi connectivity index (χ2v) is 4.02. The van der Waals surface area contributed by atoms with Gasteiger partial charge in [-0.05, 0) is 20.5 Å². The Morgan fingerprint density at radius 1 is 1.47 bits per heavy atom. The fraction of sp³-hybridized carbons (Fsp3) is 0.727. The van der Waals surface area contributed by atoms with Crippen LogP contribution in [0, 0.1) is 0 Å². The maximum Gasteiger partial charge on any atom is 0.122 e. The van der Waals surface area contributed by atoms with E-state index in [0.29, 0.717) is 0 Å². The molecule has 1 aromatic rings. The number of aromatic nitrogens is 2. The molecule has 4 heteroatoms. The molecular formula is C11H22N4. The number of nitrogens with one attached hydrogen (secondary N) is 1. The largest absolute Gasteiger partial charge is 0.334 e. The van der Waals surface area contributed by atoms with Gasteiger partial charge in [0.1, 0.15) is 5.82 Å². The van der Waals surface area contributed by atoms with Crippen LogP contribution in [0.1, 0.15) is 19.2 Å². The SMILES string of the molecule is CCCn1ccnc1CNCCN(C)C. The smallest absolute Gasteiger partial charge is 0.122 e. The predicted octanol–water partition coefficient (Wildman–Crippen LogP) is 0.944. The minimum absolute atomic E-state index is 0.862. The van der Waals surface area contributed by atoms with Crippen LogP contribution in [0.3, 0.4) is 0 Å². The van der Waals surface area contributed by atoms with E-state index < -0.39 is 0 Å². The molecule has 4 nitrogen and oxygen atoms in total. The van der Waals surface area contributed by atoms with Crippen molar-refractivity contribution in [3.8, 4) is 0 Å². The Kier molecular flexibility index (Phi) is 5.36. The molecule has 1 heterocycles. The summed E-state index contributed by atoms with van der Waals surface area (Å²) in [4.78, 5) is 6.51. The van der Waals surface area contributed by atoms with Crippen LogP contribution >= 0.6 is 0 Å². The summed E-state index contributed by atoms with van der Waals surface area (Å²) in [6.45, 7) is 6.18. The van der Waals surface area contributed by atoms with Gasteiger partial charge in [0.05, 0.1) is 6.54 Å². The van der Waals surface area contributed by atoms with Gasteiger partial charge >= 0.3 is 0 Å². The van der Waals surface area contributed by atoms with Crippen LogP contribution in [0.2, 0.25) is 0 Å². The molecule has 0 fully saturated rings. The molecule has 0 radical (unpaired) electrons. The molecule has 1 rings (SSSR count). The van der Waals surface area contributed by atoms with Crippen molar-refractivity contribution < 1.29 is 0 Å². The lowest BCUT2D eigenvalue weighted by Gasteiger charge is -2.11. The number of hydrogen-bond acceptors (Lipinski definition) is 3. The fourth-order valence-electron chi connectivity index (χ4n) is 1.45. The summed E-state index contributed by atoms with van der Waals surface area (Å²) in [5, 5.41) is 3.39. The second kappa shape index (κ2) is 6.58. The molecule has 1 aromatic heterocycles. The van der Waals surface area contributed by atoms with Crippen molar-refractivity contribution in [2.75, 3.05) is 27.2 Å². The number of aryl methyl sites for hydroxylation is 1. The molecule has 0 aromatic carbocycles. The Bertz CT molecular complexity index is 267. The molecule has 0 bridgehead atoms. The minimum Gasteiger partial charge on any atom is -0.334 e. The summed E-state index contributed by atoms with van der Waals surface area (Å²) >= 11 is 0. The number of nitrogens with zero attached hydrogens (tertiary/aromatic N) is 3. The molecule has 0 atom stereocenters. The number of hydrogen-bond donors (Lipinski definition) is 1. The van der Waals surface area contributed by atoms with Gasteiger partial charge in [-0.3, -0.25) is 0 Å². The summed E-state index contributed by atoms with van der Waals surface area (Å²) < 4.78 is 2.21. The van der Waals surface area contributed by atoms with Gasteiger partial charge < -0.3 is 14.8 Å². The van der Waals surface area contributed by atoms with Crippen LogP contribution in [0.25, 0.3) is 0 Å².